The van der Waals surface area contributed by atoms with Gasteiger partial charge < -0.3 is 15.2 Å². The summed E-state index contributed by atoms with van der Waals surface area (Å²) >= 11 is 0. The molecule has 7 heteroatoms. The van der Waals surface area contributed by atoms with Crippen molar-refractivity contribution >= 4 is 5.96 Å². The molecule has 0 radical (unpaired) electrons. The lowest BCUT2D eigenvalue weighted by atomic mass is 9.98. The van der Waals surface area contributed by atoms with Crippen LogP contribution in [0.4, 0.5) is 0 Å². The van der Waals surface area contributed by atoms with Gasteiger partial charge in [0.15, 0.2) is 11.8 Å². The Bertz CT molecular complexity index is 504. The van der Waals surface area contributed by atoms with E-state index in [1.165, 1.54) is 32.4 Å². The van der Waals surface area contributed by atoms with Gasteiger partial charge in [-0.15, -0.1) is 0 Å². The molecule has 0 saturated carbocycles. The lowest BCUT2D eigenvalue weighted by Gasteiger charge is -2.41. The first kappa shape index (κ1) is 17.7. The van der Waals surface area contributed by atoms with E-state index in [1.54, 1.807) is 7.05 Å². The number of nitrogens with zero attached hydrogens (tertiary/aromatic N) is 4. The smallest absolute Gasteiger partial charge is 0.228 e. The van der Waals surface area contributed by atoms with Crippen LogP contribution in [-0.2, 0) is 6.42 Å². The Morgan fingerprint density at radius 3 is 2.61 bits per heavy atom. The number of guanidine groups is 1. The topological polar surface area (TPSA) is 78.6 Å². The average Bonchev–Trinajstić information content (AvgIpc) is 2.97. The van der Waals surface area contributed by atoms with Gasteiger partial charge in [0.25, 0.3) is 0 Å². The number of nitrogens with one attached hydrogen (secondary N) is 2. The van der Waals surface area contributed by atoms with Crippen LogP contribution in [0, 0.1) is 6.92 Å². The highest BCUT2D eigenvalue weighted by Crippen LogP contribution is 2.19. The van der Waals surface area contributed by atoms with E-state index in [1.807, 2.05) is 6.92 Å². The fourth-order valence-corrected chi connectivity index (χ4v) is 2.86. The number of likely N-dealkylation sites (tertiary alicyclic amines) is 1. The van der Waals surface area contributed by atoms with E-state index < -0.39 is 0 Å². The molecule has 1 aromatic heterocycles. The maximum atomic E-state index is 5.11. The van der Waals surface area contributed by atoms with Crippen LogP contribution in [-0.4, -0.2) is 59.8 Å². The van der Waals surface area contributed by atoms with Crippen molar-refractivity contribution in [2.75, 3.05) is 33.2 Å². The van der Waals surface area contributed by atoms with E-state index in [2.05, 4.69) is 44.5 Å². The second kappa shape index (κ2) is 8.29. The molecule has 1 fully saturated rings. The predicted octanol–water partition coefficient (Wildman–Crippen LogP) is 1.35. The number of aryl methyl sites for hydroxylation is 1. The molecule has 0 unspecified atom stereocenters. The van der Waals surface area contributed by atoms with E-state index in [9.17, 15) is 0 Å². The Kier molecular flexibility index (Phi) is 6.38. The van der Waals surface area contributed by atoms with Gasteiger partial charge in [-0.25, -0.2) is 0 Å². The number of aromatic nitrogens is 2. The summed E-state index contributed by atoms with van der Waals surface area (Å²) in [5.41, 5.74) is 0.127. The Hall–Kier alpha value is -1.63. The molecule has 7 nitrogen and oxygen atoms in total. The largest absolute Gasteiger partial charge is 0.356 e. The first-order valence-corrected chi connectivity index (χ1v) is 8.50. The summed E-state index contributed by atoms with van der Waals surface area (Å²) in [5.74, 6) is 2.14. The molecule has 130 valence electrons. The van der Waals surface area contributed by atoms with Gasteiger partial charge in [0.1, 0.15) is 0 Å². The minimum atomic E-state index is 0.127. The fourth-order valence-electron chi connectivity index (χ4n) is 2.86. The average molecular weight is 322 g/mol. The number of hydrogen-bond donors (Lipinski definition) is 2. The molecule has 0 spiro atoms. The number of rotatable bonds is 6. The third-order valence-corrected chi connectivity index (χ3v) is 4.33. The molecule has 2 heterocycles. The monoisotopic (exact) mass is 322 g/mol. The molecule has 1 aromatic rings. The fraction of sp³-hybridized carbons (Fsp3) is 0.812. The van der Waals surface area contributed by atoms with Crippen LogP contribution in [0.25, 0.3) is 0 Å². The zero-order chi connectivity index (χ0) is 16.7. The van der Waals surface area contributed by atoms with Crippen LogP contribution in [0.2, 0.25) is 0 Å². The summed E-state index contributed by atoms with van der Waals surface area (Å²) < 4.78 is 5.11. The molecular weight excluding hydrogens is 292 g/mol. The van der Waals surface area contributed by atoms with Gasteiger partial charge in [-0.3, -0.25) is 9.89 Å². The van der Waals surface area contributed by atoms with Crippen molar-refractivity contribution in [3.63, 3.8) is 0 Å². The van der Waals surface area contributed by atoms with Gasteiger partial charge >= 0.3 is 0 Å². The second-order valence-corrected chi connectivity index (χ2v) is 6.70. The maximum absolute atomic E-state index is 5.11. The maximum Gasteiger partial charge on any atom is 0.228 e. The molecule has 23 heavy (non-hydrogen) atoms. The van der Waals surface area contributed by atoms with Gasteiger partial charge in [0.2, 0.25) is 5.89 Å². The van der Waals surface area contributed by atoms with E-state index in [4.69, 9.17) is 4.52 Å². The van der Waals surface area contributed by atoms with E-state index >= 15 is 0 Å². The lowest BCUT2D eigenvalue weighted by molar-refractivity contribution is 0.0982. The molecule has 0 amide bonds. The van der Waals surface area contributed by atoms with Gasteiger partial charge in [0, 0.05) is 32.1 Å². The standard InChI is InChI=1S/C16H30N6O/c1-13-20-14(23-21-13)8-9-18-15(17-4)19-12-16(2,3)22-10-6-5-7-11-22/h5-12H2,1-4H3,(H2,17,18,19). The van der Waals surface area contributed by atoms with Gasteiger partial charge in [-0.05, 0) is 46.7 Å². The van der Waals surface area contributed by atoms with E-state index in [-0.39, 0.29) is 5.54 Å². The van der Waals surface area contributed by atoms with Crippen LogP contribution < -0.4 is 10.6 Å². The molecule has 0 atom stereocenters. The van der Waals surface area contributed by atoms with Crippen LogP contribution in [0.5, 0.6) is 0 Å². The van der Waals surface area contributed by atoms with Crippen molar-refractivity contribution in [3.05, 3.63) is 11.7 Å². The Balaban J connectivity index is 1.73. The van der Waals surface area contributed by atoms with Crippen LogP contribution in [0.3, 0.4) is 0 Å². The zero-order valence-electron chi connectivity index (χ0n) is 14.9. The second-order valence-electron chi connectivity index (χ2n) is 6.70. The summed E-state index contributed by atoms with van der Waals surface area (Å²) in [7, 11) is 1.79. The van der Waals surface area contributed by atoms with Crippen molar-refractivity contribution < 1.29 is 4.52 Å². The first-order chi connectivity index (χ1) is 11.0. The quantitative estimate of drug-likeness (QED) is 0.608. The molecule has 2 rings (SSSR count). The summed E-state index contributed by atoms with van der Waals surface area (Å²) in [6.07, 6.45) is 4.66. The number of hydrogen-bond acceptors (Lipinski definition) is 5. The molecule has 0 aromatic carbocycles. The summed E-state index contributed by atoms with van der Waals surface area (Å²) in [6.45, 7) is 10.4. The van der Waals surface area contributed by atoms with Gasteiger partial charge in [-0.2, -0.15) is 4.98 Å². The van der Waals surface area contributed by atoms with Crippen molar-refractivity contribution in [1.82, 2.24) is 25.7 Å². The minimum absolute atomic E-state index is 0.127. The first-order valence-electron chi connectivity index (χ1n) is 8.50. The lowest BCUT2D eigenvalue weighted by Crippen LogP contribution is -2.55. The third kappa shape index (κ3) is 5.49. The Labute approximate surface area is 138 Å². The highest BCUT2D eigenvalue weighted by atomic mass is 16.5. The molecule has 2 N–H and O–H groups in total. The Morgan fingerprint density at radius 2 is 2.00 bits per heavy atom. The van der Waals surface area contributed by atoms with E-state index in [0.717, 1.165) is 12.5 Å². The summed E-state index contributed by atoms with van der Waals surface area (Å²) in [6, 6.07) is 0. The van der Waals surface area contributed by atoms with Crippen molar-refractivity contribution in [1.29, 1.82) is 0 Å². The number of piperidine rings is 1. The molecule has 1 aliphatic rings. The molecular formula is C16H30N6O. The molecule has 0 bridgehead atoms. The molecule has 1 aliphatic heterocycles. The SMILES string of the molecule is CN=C(NCCc1nc(C)no1)NCC(C)(C)N1CCCCC1. The molecule has 1 saturated heterocycles. The van der Waals surface area contributed by atoms with Crippen LogP contribution >= 0.6 is 0 Å². The summed E-state index contributed by atoms with van der Waals surface area (Å²) in [5, 5.41) is 10.5. The minimum Gasteiger partial charge on any atom is -0.356 e. The van der Waals surface area contributed by atoms with Crippen molar-refractivity contribution in [2.45, 2.75) is 52.0 Å². The normalized spacial score (nSPS) is 17.3. The summed E-state index contributed by atoms with van der Waals surface area (Å²) in [4.78, 5) is 11.0. The van der Waals surface area contributed by atoms with Crippen molar-refractivity contribution in [2.24, 2.45) is 4.99 Å². The third-order valence-electron chi connectivity index (χ3n) is 4.33. The van der Waals surface area contributed by atoms with Crippen LogP contribution in [0.15, 0.2) is 9.52 Å². The highest BCUT2D eigenvalue weighted by Gasteiger charge is 2.27. The predicted molar refractivity (Wildman–Crippen MR) is 91.6 cm³/mol. The van der Waals surface area contributed by atoms with E-state index in [0.29, 0.717) is 24.7 Å². The molecule has 0 aliphatic carbocycles. The highest BCUT2D eigenvalue weighted by molar-refractivity contribution is 5.79. The van der Waals surface area contributed by atoms with Gasteiger partial charge in [-0.1, -0.05) is 11.6 Å². The van der Waals surface area contributed by atoms with Gasteiger partial charge in [0.05, 0.1) is 0 Å². The zero-order valence-corrected chi connectivity index (χ0v) is 14.9. The van der Waals surface area contributed by atoms with Crippen LogP contribution in [0.1, 0.15) is 44.8 Å². The van der Waals surface area contributed by atoms with Crippen molar-refractivity contribution in [3.8, 4) is 0 Å². The number of aliphatic imine (C=N–C) groups is 1. The Morgan fingerprint density at radius 1 is 1.26 bits per heavy atom.